The van der Waals surface area contributed by atoms with Crippen LogP contribution in [0.1, 0.15) is 5.76 Å². The zero-order valence-corrected chi connectivity index (χ0v) is 14.0. The quantitative estimate of drug-likeness (QED) is 0.473. The normalized spacial score (nSPS) is 11.2. The van der Waals surface area contributed by atoms with Crippen LogP contribution in [0.15, 0.2) is 83.5 Å². The smallest absolute Gasteiger partial charge is 0.257 e. The van der Waals surface area contributed by atoms with Crippen molar-refractivity contribution < 1.29 is 9.21 Å². The molecule has 0 fully saturated rings. The molecule has 2 aromatic carbocycles. The van der Waals surface area contributed by atoms with Gasteiger partial charge < -0.3 is 4.42 Å². The van der Waals surface area contributed by atoms with Gasteiger partial charge in [0.1, 0.15) is 5.76 Å². The van der Waals surface area contributed by atoms with Crippen molar-refractivity contribution >= 4 is 44.4 Å². The number of fused-ring (bicyclic) bond motifs is 1. The standard InChI is InChI=1S/C20H14N2O2S/c23-19(13-12-16-9-6-14-24-16)22(15-7-2-1-3-8-15)20-21-17-10-4-5-11-18(17)25-20/h1-14H. The molecule has 1 amide bonds. The predicted octanol–water partition coefficient (Wildman–Crippen LogP) is 5.27. The Bertz CT molecular complexity index is 987. The number of para-hydroxylation sites is 2. The highest BCUT2D eigenvalue weighted by atomic mass is 32.1. The predicted molar refractivity (Wildman–Crippen MR) is 101 cm³/mol. The van der Waals surface area contributed by atoms with Crippen LogP contribution in [0, 0.1) is 0 Å². The molecule has 0 aliphatic carbocycles. The number of carbonyl (C=O) groups is 1. The number of anilines is 2. The van der Waals surface area contributed by atoms with E-state index >= 15 is 0 Å². The van der Waals surface area contributed by atoms with E-state index < -0.39 is 0 Å². The summed E-state index contributed by atoms with van der Waals surface area (Å²) < 4.78 is 6.30. The molecular weight excluding hydrogens is 332 g/mol. The molecule has 4 rings (SSSR count). The van der Waals surface area contributed by atoms with E-state index in [1.54, 1.807) is 29.4 Å². The molecule has 0 unspecified atom stereocenters. The van der Waals surface area contributed by atoms with E-state index in [2.05, 4.69) is 4.98 Å². The Hall–Kier alpha value is -3.18. The van der Waals surface area contributed by atoms with Crippen LogP contribution in [-0.4, -0.2) is 10.9 Å². The number of rotatable bonds is 4. The molecule has 4 nitrogen and oxygen atoms in total. The number of hydrogen-bond donors (Lipinski definition) is 0. The lowest BCUT2D eigenvalue weighted by Gasteiger charge is -2.18. The maximum atomic E-state index is 12.9. The summed E-state index contributed by atoms with van der Waals surface area (Å²) in [5, 5.41) is 0.640. The van der Waals surface area contributed by atoms with Gasteiger partial charge in [0.15, 0.2) is 5.13 Å². The maximum absolute atomic E-state index is 12.9. The molecule has 0 aliphatic rings. The van der Waals surface area contributed by atoms with Crippen molar-refractivity contribution in [2.45, 2.75) is 0 Å². The number of amides is 1. The van der Waals surface area contributed by atoms with Gasteiger partial charge in [-0.05, 0) is 42.5 Å². The first-order valence-electron chi connectivity index (χ1n) is 7.77. The fourth-order valence-electron chi connectivity index (χ4n) is 2.48. The van der Waals surface area contributed by atoms with Crippen LogP contribution in [0.25, 0.3) is 16.3 Å². The molecule has 2 aromatic heterocycles. The monoisotopic (exact) mass is 346 g/mol. The van der Waals surface area contributed by atoms with Crippen LogP contribution in [0.4, 0.5) is 10.8 Å². The zero-order chi connectivity index (χ0) is 17.1. The average Bonchev–Trinajstić information content (AvgIpc) is 3.30. The minimum atomic E-state index is -0.179. The van der Waals surface area contributed by atoms with Gasteiger partial charge in [0.2, 0.25) is 0 Å². The van der Waals surface area contributed by atoms with Crippen LogP contribution >= 0.6 is 11.3 Å². The lowest BCUT2D eigenvalue weighted by atomic mass is 10.3. The molecule has 5 heteroatoms. The minimum absolute atomic E-state index is 0.179. The summed E-state index contributed by atoms with van der Waals surface area (Å²) in [6.07, 6.45) is 4.73. The lowest BCUT2D eigenvalue weighted by molar-refractivity contribution is -0.113. The van der Waals surface area contributed by atoms with Crippen molar-refractivity contribution in [3.63, 3.8) is 0 Å². The number of nitrogens with zero attached hydrogens (tertiary/aromatic N) is 2. The number of hydrogen-bond acceptors (Lipinski definition) is 4. The molecule has 25 heavy (non-hydrogen) atoms. The van der Waals surface area contributed by atoms with Crippen molar-refractivity contribution in [2.24, 2.45) is 0 Å². The second-order valence-electron chi connectivity index (χ2n) is 5.32. The van der Waals surface area contributed by atoms with Gasteiger partial charge in [-0.25, -0.2) is 4.98 Å². The van der Waals surface area contributed by atoms with Crippen molar-refractivity contribution in [3.8, 4) is 0 Å². The third-order valence-corrected chi connectivity index (χ3v) is 4.66. The molecule has 0 saturated heterocycles. The molecular formula is C20H14N2O2S. The third kappa shape index (κ3) is 3.22. The maximum Gasteiger partial charge on any atom is 0.257 e. The summed E-state index contributed by atoms with van der Waals surface area (Å²) in [5.74, 6) is 0.451. The molecule has 0 bridgehead atoms. The summed E-state index contributed by atoms with van der Waals surface area (Å²) >= 11 is 1.49. The zero-order valence-electron chi connectivity index (χ0n) is 13.2. The molecule has 0 radical (unpaired) electrons. The fourth-order valence-corrected chi connectivity index (χ4v) is 3.47. The Balaban J connectivity index is 1.75. The largest absolute Gasteiger partial charge is 0.465 e. The topological polar surface area (TPSA) is 46.3 Å². The summed E-state index contributed by atoms with van der Waals surface area (Å²) in [4.78, 5) is 19.1. The molecule has 0 N–H and O–H groups in total. The number of furan rings is 1. The van der Waals surface area contributed by atoms with Crippen LogP contribution in [0.2, 0.25) is 0 Å². The molecule has 4 aromatic rings. The van der Waals surface area contributed by atoms with Gasteiger partial charge in [0.25, 0.3) is 5.91 Å². The molecule has 0 aliphatic heterocycles. The van der Waals surface area contributed by atoms with Gasteiger partial charge in [-0.3, -0.25) is 9.69 Å². The van der Waals surface area contributed by atoms with Gasteiger partial charge in [-0.15, -0.1) is 0 Å². The molecule has 122 valence electrons. The van der Waals surface area contributed by atoms with Gasteiger partial charge in [-0.1, -0.05) is 41.7 Å². The molecule has 0 saturated carbocycles. The van der Waals surface area contributed by atoms with Gasteiger partial charge in [-0.2, -0.15) is 0 Å². The molecule has 0 atom stereocenters. The number of benzene rings is 2. The highest BCUT2D eigenvalue weighted by molar-refractivity contribution is 7.22. The van der Waals surface area contributed by atoms with E-state index in [-0.39, 0.29) is 5.91 Å². The van der Waals surface area contributed by atoms with Crippen molar-refractivity contribution in [3.05, 3.63) is 84.8 Å². The third-order valence-electron chi connectivity index (χ3n) is 3.64. The van der Waals surface area contributed by atoms with Crippen LogP contribution in [0.3, 0.4) is 0 Å². The van der Waals surface area contributed by atoms with E-state index in [9.17, 15) is 4.79 Å². The van der Waals surface area contributed by atoms with E-state index in [0.717, 1.165) is 15.9 Å². The summed E-state index contributed by atoms with van der Waals surface area (Å²) in [6, 6.07) is 21.0. The first kappa shape index (κ1) is 15.4. The van der Waals surface area contributed by atoms with E-state index in [4.69, 9.17) is 4.42 Å². The SMILES string of the molecule is O=C(C=Cc1ccco1)N(c1ccccc1)c1nc2ccccc2s1. The van der Waals surface area contributed by atoms with E-state index in [0.29, 0.717) is 10.9 Å². The summed E-state index contributed by atoms with van der Waals surface area (Å²) in [7, 11) is 0. The van der Waals surface area contributed by atoms with Crippen molar-refractivity contribution in [1.29, 1.82) is 0 Å². The number of aromatic nitrogens is 1. The van der Waals surface area contributed by atoms with E-state index in [1.165, 1.54) is 17.4 Å². The van der Waals surface area contributed by atoms with Crippen LogP contribution < -0.4 is 4.90 Å². The Kier molecular flexibility index (Phi) is 4.14. The van der Waals surface area contributed by atoms with Crippen LogP contribution in [0.5, 0.6) is 0 Å². The lowest BCUT2D eigenvalue weighted by Crippen LogP contribution is -2.23. The van der Waals surface area contributed by atoms with Gasteiger partial charge >= 0.3 is 0 Å². The molecule has 0 spiro atoms. The highest BCUT2D eigenvalue weighted by Gasteiger charge is 2.19. The fraction of sp³-hybridized carbons (Fsp3) is 0. The Labute approximate surface area is 148 Å². The van der Waals surface area contributed by atoms with Gasteiger partial charge in [0.05, 0.1) is 22.2 Å². The molecule has 2 heterocycles. The second kappa shape index (κ2) is 6.75. The first-order chi connectivity index (χ1) is 12.3. The summed E-state index contributed by atoms with van der Waals surface area (Å²) in [6.45, 7) is 0. The average molecular weight is 346 g/mol. The Morgan fingerprint density at radius 3 is 2.56 bits per heavy atom. The Morgan fingerprint density at radius 2 is 1.80 bits per heavy atom. The number of thiazole rings is 1. The second-order valence-corrected chi connectivity index (χ2v) is 6.33. The minimum Gasteiger partial charge on any atom is -0.465 e. The van der Waals surface area contributed by atoms with Crippen LogP contribution in [-0.2, 0) is 4.79 Å². The van der Waals surface area contributed by atoms with E-state index in [1.807, 2.05) is 54.6 Å². The summed E-state index contributed by atoms with van der Waals surface area (Å²) in [5.41, 5.74) is 1.65. The number of carbonyl (C=O) groups excluding carboxylic acids is 1. The Morgan fingerprint density at radius 1 is 1.00 bits per heavy atom. The first-order valence-corrected chi connectivity index (χ1v) is 8.59. The van der Waals surface area contributed by atoms with Crippen molar-refractivity contribution in [1.82, 2.24) is 4.98 Å². The van der Waals surface area contributed by atoms with Crippen molar-refractivity contribution in [2.75, 3.05) is 4.90 Å². The van der Waals surface area contributed by atoms with Gasteiger partial charge in [0, 0.05) is 6.08 Å². The highest BCUT2D eigenvalue weighted by Crippen LogP contribution is 2.33.